The van der Waals surface area contributed by atoms with Gasteiger partial charge in [0.1, 0.15) is 0 Å². The van der Waals surface area contributed by atoms with Gasteiger partial charge < -0.3 is 4.57 Å². The first-order chi connectivity index (χ1) is 24.8. The van der Waals surface area contributed by atoms with Crippen molar-refractivity contribution in [2.24, 2.45) is 0 Å². The van der Waals surface area contributed by atoms with E-state index in [4.69, 9.17) is 15.0 Å². The van der Waals surface area contributed by atoms with Crippen molar-refractivity contribution < 1.29 is 0 Å². The summed E-state index contributed by atoms with van der Waals surface area (Å²) < 4.78 is 5.06. The van der Waals surface area contributed by atoms with Gasteiger partial charge in [0.15, 0.2) is 17.5 Å². The lowest BCUT2D eigenvalue weighted by molar-refractivity contribution is 1.07. The highest BCUT2D eigenvalue weighted by Gasteiger charge is 2.18. The molecule has 10 rings (SSSR count). The fraction of sp³-hybridized carbons (Fsp3) is 0. The van der Waals surface area contributed by atoms with Gasteiger partial charge >= 0.3 is 0 Å². The van der Waals surface area contributed by atoms with E-state index in [0.29, 0.717) is 17.5 Å². The van der Waals surface area contributed by atoms with Crippen LogP contribution in [-0.4, -0.2) is 19.5 Å². The Labute approximate surface area is 292 Å². The van der Waals surface area contributed by atoms with Gasteiger partial charge in [0, 0.05) is 53.3 Å². The van der Waals surface area contributed by atoms with Crippen molar-refractivity contribution in [1.29, 1.82) is 0 Å². The summed E-state index contributed by atoms with van der Waals surface area (Å²) in [4.78, 5) is 14.8. The summed E-state index contributed by atoms with van der Waals surface area (Å²) in [5, 5.41) is 5.21. The number of thiophene rings is 1. The zero-order valence-corrected chi connectivity index (χ0v) is 27.7. The number of nitrogens with zero attached hydrogens (tertiary/aromatic N) is 4. The van der Waals surface area contributed by atoms with E-state index in [2.05, 4.69) is 114 Å². The number of hydrogen-bond acceptors (Lipinski definition) is 4. The maximum absolute atomic E-state index is 4.98. The Kier molecular flexibility index (Phi) is 6.64. The fourth-order valence-electron chi connectivity index (χ4n) is 7.11. The third-order valence-corrected chi connectivity index (χ3v) is 10.6. The molecule has 10 aromatic rings. The van der Waals surface area contributed by atoms with Crippen LogP contribution in [0.5, 0.6) is 0 Å². The standard InChI is InChI=1S/C45H28N4S/c1-3-13-29(14-4-1)43-46-44(30-15-5-2-6-16-30)48-45(47-43)33-19-11-17-31(27-33)32-18-12-20-34(28-32)49-38-23-9-7-22-37(38)41-39(49)26-25-36-35-21-8-10-24-40(35)50-42(36)41/h1-28H. The minimum atomic E-state index is 0.644. The third-order valence-electron chi connectivity index (χ3n) is 9.44. The summed E-state index contributed by atoms with van der Waals surface area (Å²) >= 11 is 1.88. The predicted octanol–water partition coefficient (Wildman–Crippen LogP) is 12.0. The first kappa shape index (κ1) is 28.6. The van der Waals surface area contributed by atoms with Crippen LogP contribution in [0.15, 0.2) is 170 Å². The molecule has 0 aliphatic rings. The monoisotopic (exact) mass is 656 g/mol. The molecule has 0 atom stereocenters. The molecule has 3 aromatic heterocycles. The summed E-state index contributed by atoms with van der Waals surface area (Å²) in [6, 6.07) is 59.6. The van der Waals surface area contributed by atoms with Crippen molar-refractivity contribution in [3.63, 3.8) is 0 Å². The second-order valence-corrected chi connectivity index (χ2v) is 13.5. The largest absolute Gasteiger partial charge is 0.309 e. The van der Waals surface area contributed by atoms with E-state index >= 15 is 0 Å². The molecule has 0 unspecified atom stereocenters. The Hall–Kier alpha value is -6.43. The lowest BCUT2D eigenvalue weighted by Crippen LogP contribution is -2.00. The van der Waals surface area contributed by atoms with Gasteiger partial charge in [-0.3, -0.25) is 0 Å². The molecule has 3 heterocycles. The van der Waals surface area contributed by atoms with Gasteiger partial charge in [-0.1, -0.05) is 133 Å². The molecule has 0 fully saturated rings. The number of rotatable bonds is 5. The van der Waals surface area contributed by atoms with E-state index in [9.17, 15) is 0 Å². The van der Waals surface area contributed by atoms with Crippen LogP contribution in [0.4, 0.5) is 0 Å². The van der Waals surface area contributed by atoms with Crippen LogP contribution in [0.3, 0.4) is 0 Å². The highest BCUT2D eigenvalue weighted by molar-refractivity contribution is 7.26. The van der Waals surface area contributed by atoms with Crippen molar-refractivity contribution >= 4 is 53.3 Å². The van der Waals surface area contributed by atoms with Gasteiger partial charge in [0.25, 0.3) is 0 Å². The highest BCUT2D eigenvalue weighted by atomic mass is 32.1. The quantitative estimate of drug-likeness (QED) is 0.185. The van der Waals surface area contributed by atoms with Crippen molar-refractivity contribution in [3.05, 3.63) is 170 Å². The zero-order chi connectivity index (χ0) is 33.0. The lowest BCUT2D eigenvalue weighted by atomic mass is 10.0. The maximum atomic E-state index is 4.98. The van der Waals surface area contributed by atoms with E-state index in [-0.39, 0.29) is 0 Å². The van der Waals surface area contributed by atoms with E-state index in [0.717, 1.165) is 33.5 Å². The Morgan fingerprint density at radius 3 is 1.68 bits per heavy atom. The van der Waals surface area contributed by atoms with Gasteiger partial charge in [0.2, 0.25) is 0 Å². The van der Waals surface area contributed by atoms with Gasteiger partial charge in [-0.05, 0) is 47.5 Å². The van der Waals surface area contributed by atoms with E-state index in [1.807, 2.05) is 72.0 Å². The van der Waals surface area contributed by atoms with E-state index < -0.39 is 0 Å². The molecule has 0 spiro atoms. The maximum Gasteiger partial charge on any atom is 0.164 e. The Balaban J connectivity index is 1.11. The summed E-state index contributed by atoms with van der Waals surface area (Å²) in [6.07, 6.45) is 0. The molecule has 0 aliphatic carbocycles. The average molecular weight is 657 g/mol. The van der Waals surface area contributed by atoms with Crippen molar-refractivity contribution in [1.82, 2.24) is 19.5 Å². The Morgan fingerprint density at radius 1 is 0.380 bits per heavy atom. The van der Waals surface area contributed by atoms with Crippen LogP contribution in [0.2, 0.25) is 0 Å². The second kappa shape index (κ2) is 11.6. The molecular formula is C45H28N4S. The van der Waals surface area contributed by atoms with Crippen LogP contribution < -0.4 is 0 Å². The second-order valence-electron chi connectivity index (χ2n) is 12.5. The molecule has 0 amide bonds. The van der Waals surface area contributed by atoms with Gasteiger partial charge in [0.05, 0.1) is 11.0 Å². The number of para-hydroxylation sites is 1. The molecule has 0 radical (unpaired) electrons. The molecule has 0 saturated heterocycles. The molecule has 7 aromatic carbocycles. The smallest absolute Gasteiger partial charge is 0.164 e. The minimum absolute atomic E-state index is 0.644. The molecule has 5 heteroatoms. The number of hydrogen-bond donors (Lipinski definition) is 0. The van der Waals surface area contributed by atoms with Gasteiger partial charge in [-0.15, -0.1) is 11.3 Å². The van der Waals surface area contributed by atoms with Crippen LogP contribution in [0.25, 0.3) is 93.0 Å². The summed E-state index contributed by atoms with van der Waals surface area (Å²) in [7, 11) is 0. The number of fused-ring (bicyclic) bond motifs is 7. The molecule has 0 N–H and O–H groups in total. The van der Waals surface area contributed by atoms with Crippen LogP contribution in [0.1, 0.15) is 0 Å². The van der Waals surface area contributed by atoms with Crippen LogP contribution in [-0.2, 0) is 0 Å². The Bertz CT molecular complexity index is 2810. The first-order valence-electron chi connectivity index (χ1n) is 16.7. The van der Waals surface area contributed by atoms with Crippen LogP contribution >= 0.6 is 11.3 Å². The molecular weight excluding hydrogens is 629 g/mol. The van der Waals surface area contributed by atoms with Gasteiger partial charge in [-0.25, -0.2) is 15.0 Å². The highest BCUT2D eigenvalue weighted by Crippen LogP contribution is 2.43. The zero-order valence-electron chi connectivity index (χ0n) is 26.9. The average Bonchev–Trinajstić information content (AvgIpc) is 3.74. The lowest BCUT2D eigenvalue weighted by Gasteiger charge is -2.12. The molecule has 0 bridgehead atoms. The van der Waals surface area contributed by atoms with Crippen molar-refractivity contribution in [3.8, 4) is 51.0 Å². The minimum Gasteiger partial charge on any atom is -0.309 e. The number of benzene rings is 7. The SMILES string of the molecule is c1ccc(-c2nc(-c3ccccc3)nc(-c3cccc(-c4cccc(-n5c6ccccc6c6c7sc8ccccc8c7ccc65)c4)c3)n2)cc1. The Morgan fingerprint density at radius 2 is 0.940 bits per heavy atom. The third kappa shape index (κ3) is 4.71. The fourth-order valence-corrected chi connectivity index (χ4v) is 8.37. The summed E-state index contributed by atoms with van der Waals surface area (Å²) in [5.41, 5.74) is 8.60. The predicted molar refractivity (Wildman–Crippen MR) is 209 cm³/mol. The van der Waals surface area contributed by atoms with Crippen molar-refractivity contribution in [2.75, 3.05) is 0 Å². The summed E-state index contributed by atoms with van der Waals surface area (Å²) in [6.45, 7) is 0. The van der Waals surface area contributed by atoms with Gasteiger partial charge in [-0.2, -0.15) is 0 Å². The molecule has 0 aliphatic heterocycles. The molecule has 4 nitrogen and oxygen atoms in total. The van der Waals surface area contributed by atoms with Crippen molar-refractivity contribution in [2.45, 2.75) is 0 Å². The van der Waals surface area contributed by atoms with E-state index in [1.54, 1.807) is 0 Å². The molecule has 50 heavy (non-hydrogen) atoms. The summed E-state index contributed by atoms with van der Waals surface area (Å²) in [5.74, 6) is 1.95. The first-order valence-corrected chi connectivity index (χ1v) is 17.5. The molecule has 234 valence electrons. The molecule has 0 saturated carbocycles. The normalized spacial score (nSPS) is 11.6. The van der Waals surface area contributed by atoms with Crippen LogP contribution in [0, 0.1) is 0 Å². The topological polar surface area (TPSA) is 43.6 Å². The number of aromatic nitrogens is 4. The van der Waals surface area contributed by atoms with E-state index in [1.165, 1.54) is 42.0 Å².